The summed E-state index contributed by atoms with van der Waals surface area (Å²) >= 11 is 0. The van der Waals surface area contributed by atoms with Crippen LogP contribution in [0.25, 0.3) is 0 Å². The Morgan fingerprint density at radius 3 is 2.35 bits per heavy atom. The maximum absolute atomic E-state index is 12.2. The molecule has 0 aromatic carbocycles. The van der Waals surface area contributed by atoms with Gasteiger partial charge in [-0.1, -0.05) is 20.8 Å². The third-order valence-electron chi connectivity index (χ3n) is 4.81. The zero-order valence-corrected chi connectivity index (χ0v) is 13.4. The highest BCUT2D eigenvalue weighted by atomic mass is 16.5. The first-order chi connectivity index (χ1) is 9.56. The molecule has 2 aliphatic heterocycles. The van der Waals surface area contributed by atoms with Crippen LogP contribution in [0.15, 0.2) is 0 Å². The van der Waals surface area contributed by atoms with Crippen LogP contribution in [-0.4, -0.2) is 48.7 Å². The first-order valence-electron chi connectivity index (χ1n) is 8.15. The second-order valence-corrected chi connectivity index (χ2v) is 6.73. The molecule has 0 aromatic heterocycles. The normalized spacial score (nSPS) is 31.6. The first kappa shape index (κ1) is 15.8. The van der Waals surface area contributed by atoms with Crippen LogP contribution in [0.3, 0.4) is 0 Å². The predicted octanol–water partition coefficient (Wildman–Crippen LogP) is 2.18. The Morgan fingerprint density at radius 2 is 1.90 bits per heavy atom. The number of nitrogens with one attached hydrogen (secondary N) is 1. The van der Waals surface area contributed by atoms with Crippen molar-refractivity contribution >= 4 is 5.97 Å². The number of nitrogens with zero attached hydrogens (tertiary/aromatic N) is 1. The molecule has 0 aromatic rings. The van der Waals surface area contributed by atoms with Gasteiger partial charge in [0.25, 0.3) is 0 Å². The number of rotatable bonds is 6. The van der Waals surface area contributed by atoms with Crippen LogP contribution < -0.4 is 5.32 Å². The lowest BCUT2D eigenvalue weighted by Gasteiger charge is -2.43. The number of carbonyl (C=O) groups excluding carboxylic acids is 1. The van der Waals surface area contributed by atoms with Crippen LogP contribution in [0, 0.1) is 5.92 Å². The lowest BCUT2D eigenvalue weighted by molar-refractivity contribution is -0.150. The van der Waals surface area contributed by atoms with Gasteiger partial charge in [0.05, 0.1) is 7.11 Å². The fraction of sp³-hybridized carbons (Fsp3) is 0.938. The molecule has 2 rings (SSSR count). The van der Waals surface area contributed by atoms with Crippen molar-refractivity contribution in [1.29, 1.82) is 0 Å². The van der Waals surface area contributed by atoms with Gasteiger partial charge in [0, 0.05) is 18.1 Å². The average molecular weight is 282 g/mol. The van der Waals surface area contributed by atoms with E-state index in [1.165, 1.54) is 32.8 Å². The van der Waals surface area contributed by atoms with Gasteiger partial charge < -0.3 is 10.1 Å². The summed E-state index contributed by atoms with van der Waals surface area (Å²) in [7, 11) is 1.52. The van der Waals surface area contributed by atoms with E-state index in [0.717, 1.165) is 13.0 Å². The molecule has 3 atom stereocenters. The van der Waals surface area contributed by atoms with Gasteiger partial charge in [0.2, 0.25) is 0 Å². The average Bonchev–Trinajstić information content (AvgIpc) is 2.66. The fourth-order valence-electron chi connectivity index (χ4n) is 4.10. The van der Waals surface area contributed by atoms with Crippen molar-refractivity contribution in [3.63, 3.8) is 0 Å². The Kier molecular flexibility index (Phi) is 5.44. The van der Waals surface area contributed by atoms with Gasteiger partial charge >= 0.3 is 5.97 Å². The van der Waals surface area contributed by atoms with Gasteiger partial charge in [-0.25, -0.2) is 0 Å². The smallest absolute Gasteiger partial charge is 0.323 e. The molecule has 3 unspecified atom stereocenters. The van der Waals surface area contributed by atoms with Gasteiger partial charge in [-0.2, -0.15) is 0 Å². The summed E-state index contributed by atoms with van der Waals surface area (Å²) in [4.78, 5) is 14.7. The summed E-state index contributed by atoms with van der Waals surface area (Å²) < 4.78 is 5.07. The monoisotopic (exact) mass is 282 g/mol. The Morgan fingerprint density at radius 1 is 1.30 bits per heavy atom. The molecule has 0 saturated carbocycles. The van der Waals surface area contributed by atoms with Gasteiger partial charge in [-0.05, 0) is 44.6 Å². The molecule has 0 aliphatic carbocycles. The third kappa shape index (κ3) is 3.34. The topological polar surface area (TPSA) is 41.6 Å². The molecule has 2 heterocycles. The number of esters is 1. The molecule has 2 fully saturated rings. The quantitative estimate of drug-likeness (QED) is 0.758. The summed E-state index contributed by atoms with van der Waals surface area (Å²) in [5.41, 5.74) is 0. The molecule has 2 bridgehead atoms. The highest BCUT2D eigenvalue weighted by Crippen LogP contribution is 2.38. The lowest BCUT2D eigenvalue weighted by atomic mass is 9.92. The largest absolute Gasteiger partial charge is 0.468 e. The number of fused-ring (bicyclic) bond motifs is 2. The first-order valence-corrected chi connectivity index (χ1v) is 8.15. The van der Waals surface area contributed by atoms with Gasteiger partial charge in [0.15, 0.2) is 0 Å². The fourth-order valence-corrected chi connectivity index (χ4v) is 4.10. The van der Waals surface area contributed by atoms with Crippen LogP contribution in [0.1, 0.15) is 52.9 Å². The SMILES string of the molecule is CCNC1CC2CCC(C1)N2C(CC(C)C)C(=O)OC. The van der Waals surface area contributed by atoms with Crippen molar-refractivity contribution in [2.75, 3.05) is 13.7 Å². The lowest BCUT2D eigenvalue weighted by Crippen LogP contribution is -2.55. The van der Waals surface area contributed by atoms with Crippen LogP contribution >= 0.6 is 0 Å². The Labute approximate surface area is 123 Å². The Balaban J connectivity index is 2.08. The maximum Gasteiger partial charge on any atom is 0.323 e. The molecule has 2 aliphatic rings. The van der Waals surface area contributed by atoms with Crippen LogP contribution in [0.4, 0.5) is 0 Å². The molecule has 4 nitrogen and oxygen atoms in total. The molecule has 20 heavy (non-hydrogen) atoms. The second-order valence-electron chi connectivity index (χ2n) is 6.73. The van der Waals surface area contributed by atoms with Crippen LogP contribution in [-0.2, 0) is 9.53 Å². The minimum Gasteiger partial charge on any atom is -0.468 e. The minimum absolute atomic E-state index is 0.0416. The summed E-state index contributed by atoms with van der Waals surface area (Å²) in [6.45, 7) is 7.58. The van der Waals surface area contributed by atoms with Crippen molar-refractivity contribution < 1.29 is 9.53 Å². The van der Waals surface area contributed by atoms with Crippen molar-refractivity contribution in [1.82, 2.24) is 10.2 Å². The van der Waals surface area contributed by atoms with E-state index in [1.54, 1.807) is 0 Å². The number of carbonyl (C=O) groups is 1. The van der Waals surface area contributed by atoms with Crippen LogP contribution in [0.2, 0.25) is 0 Å². The van der Waals surface area contributed by atoms with Crippen LogP contribution in [0.5, 0.6) is 0 Å². The molecule has 0 spiro atoms. The third-order valence-corrected chi connectivity index (χ3v) is 4.81. The number of hydrogen-bond donors (Lipinski definition) is 1. The molecule has 116 valence electrons. The molecular formula is C16H30N2O2. The minimum atomic E-state index is -0.0440. The van der Waals surface area contributed by atoms with E-state index in [9.17, 15) is 4.79 Å². The number of methoxy groups -OCH3 is 1. The summed E-state index contributed by atoms with van der Waals surface area (Å²) in [6, 6.07) is 1.70. The highest BCUT2D eigenvalue weighted by Gasteiger charge is 2.46. The Bertz CT molecular complexity index is 318. The van der Waals surface area contributed by atoms with Gasteiger partial charge in [-0.15, -0.1) is 0 Å². The summed E-state index contributed by atoms with van der Waals surface area (Å²) in [5, 5.41) is 3.59. The van der Waals surface area contributed by atoms with Gasteiger partial charge in [0.1, 0.15) is 6.04 Å². The zero-order valence-electron chi connectivity index (χ0n) is 13.4. The summed E-state index contributed by atoms with van der Waals surface area (Å²) in [6.07, 6.45) is 5.73. The second kappa shape index (κ2) is 6.90. The molecule has 0 radical (unpaired) electrons. The number of ether oxygens (including phenoxy) is 1. The Hall–Kier alpha value is -0.610. The summed E-state index contributed by atoms with van der Waals surface area (Å²) in [5.74, 6) is 0.475. The zero-order chi connectivity index (χ0) is 14.7. The molecule has 1 N–H and O–H groups in total. The van der Waals surface area contributed by atoms with E-state index >= 15 is 0 Å². The van der Waals surface area contributed by atoms with E-state index in [4.69, 9.17) is 4.74 Å². The van der Waals surface area contributed by atoms with E-state index in [1.807, 2.05) is 0 Å². The van der Waals surface area contributed by atoms with Gasteiger partial charge in [-0.3, -0.25) is 9.69 Å². The molecule has 0 amide bonds. The van der Waals surface area contributed by atoms with Crippen molar-refractivity contribution in [3.05, 3.63) is 0 Å². The van der Waals surface area contributed by atoms with E-state index in [-0.39, 0.29) is 12.0 Å². The molecule has 2 saturated heterocycles. The highest BCUT2D eigenvalue weighted by molar-refractivity contribution is 5.75. The molecule has 4 heteroatoms. The number of hydrogen-bond acceptors (Lipinski definition) is 4. The maximum atomic E-state index is 12.2. The van der Waals surface area contributed by atoms with E-state index in [0.29, 0.717) is 24.0 Å². The van der Waals surface area contributed by atoms with E-state index < -0.39 is 0 Å². The predicted molar refractivity (Wildman–Crippen MR) is 80.6 cm³/mol. The molecular weight excluding hydrogens is 252 g/mol. The van der Waals surface area contributed by atoms with Crippen molar-refractivity contribution in [2.45, 2.75) is 77.0 Å². The van der Waals surface area contributed by atoms with E-state index in [2.05, 4.69) is 31.0 Å². The number of piperidine rings is 1. The van der Waals surface area contributed by atoms with Crippen molar-refractivity contribution in [3.8, 4) is 0 Å². The standard InChI is InChI=1S/C16H30N2O2/c1-5-17-12-9-13-6-7-14(10-12)18(13)15(8-11(2)3)16(19)20-4/h11-15,17H,5-10H2,1-4H3. The van der Waals surface area contributed by atoms with Crippen molar-refractivity contribution in [2.24, 2.45) is 5.92 Å².